The molecule has 0 saturated carbocycles. The molecule has 122 valence electrons. The summed E-state index contributed by atoms with van der Waals surface area (Å²) in [6, 6.07) is 0.178. The smallest absolute Gasteiger partial charge is 0.344 e. The van der Waals surface area contributed by atoms with Crippen LogP contribution in [0.25, 0.3) is 0 Å². The molecule has 0 radical (unpaired) electrons. The molecule has 1 aromatic rings. The van der Waals surface area contributed by atoms with Gasteiger partial charge in [-0.15, -0.1) is 0 Å². The highest BCUT2D eigenvalue weighted by molar-refractivity contribution is 9.10. The van der Waals surface area contributed by atoms with Crippen molar-refractivity contribution in [2.75, 3.05) is 31.1 Å². The van der Waals surface area contributed by atoms with Crippen molar-refractivity contribution >= 4 is 33.6 Å². The van der Waals surface area contributed by atoms with E-state index in [2.05, 4.69) is 21.0 Å². The van der Waals surface area contributed by atoms with Gasteiger partial charge in [0.1, 0.15) is 16.0 Å². The van der Waals surface area contributed by atoms with Gasteiger partial charge in [-0.2, -0.15) is 5.10 Å². The van der Waals surface area contributed by atoms with Crippen LogP contribution < -0.4 is 4.90 Å². The Balaban J connectivity index is 2.30. The average molecular weight is 373 g/mol. The molecule has 0 unspecified atom stereocenters. The van der Waals surface area contributed by atoms with Gasteiger partial charge in [0.25, 0.3) is 0 Å². The highest BCUT2D eigenvalue weighted by Gasteiger charge is 2.32. The Hall–Kier alpha value is -1.57. The lowest BCUT2D eigenvalue weighted by Crippen LogP contribution is -2.53. The van der Waals surface area contributed by atoms with Crippen LogP contribution in [0.3, 0.4) is 0 Å². The molecule has 0 N–H and O–H groups in total. The van der Waals surface area contributed by atoms with Gasteiger partial charge >= 0.3 is 5.97 Å². The summed E-state index contributed by atoms with van der Waals surface area (Å²) in [5, 5.41) is 4.23. The zero-order chi connectivity index (χ0) is 16.4. The third-order valence-corrected chi connectivity index (χ3v) is 4.19. The standard InChI is InChI=1S/C14H21BrN4O3/c1-5-22-14(21)11-12(15)16-17(4)13(11)18-6-7-19(9(2)3)10(20)8-18/h9H,5-8H2,1-4H3. The number of esters is 1. The van der Waals surface area contributed by atoms with Crippen molar-refractivity contribution in [2.24, 2.45) is 7.05 Å². The fraction of sp³-hybridized carbons (Fsp3) is 0.643. The van der Waals surface area contributed by atoms with Crippen LogP contribution in [0.2, 0.25) is 0 Å². The van der Waals surface area contributed by atoms with E-state index in [0.717, 1.165) is 0 Å². The van der Waals surface area contributed by atoms with Gasteiger partial charge in [0.05, 0.1) is 13.2 Å². The van der Waals surface area contributed by atoms with E-state index in [9.17, 15) is 9.59 Å². The maximum Gasteiger partial charge on any atom is 0.344 e. The number of hydrogen-bond donors (Lipinski definition) is 0. The normalized spacial score (nSPS) is 15.6. The minimum atomic E-state index is -0.434. The second kappa shape index (κ2) is 6.68. The molecule has 7 nitrogen and oxygen atoms in total. The number of aromatic nitrogens is 2. The van der Waals surface area contributed by atoms with Crippen molar-refractivity contribution in [1.29, 1.82) is 0 Å². The van der Waals surface area contributed by atoms with Gasteiger partial charge < -0.3 is 14.5 Å². The second-order valence-electron chi connectivity index (χ2n) is 5.44. The van der Waals surface area contributed by atoms with Crippen LogP contribution in [0.1, 0.15) is 31.1 Å². The van der Waals surface area contributed by atoms with E-state index in [-0.39, 0.29) is 18.5 Å². The van der Waals surface area contributed by atoms with Gasteiger partial charge in [-0.1, -0.05) is 0 Å². The molecule has 2 rings (SSSR count). The third-order valence-electron chi connectivity index (χ3n) is 3.63. The first-order chi connectivity index (χ1) is 10.4. The largest absolute Gasteiger partial charge is 0.462 e. The fourth-order valence-electron chi connectivity index (χ4n) is 2.64. The topological polar surface area (TPSA) is 67.7 Å². The molecular formula is C14H21BrN4O3. The first-order valence-electron chi connectivity index (χ1n) is 7.30. The van der Waals surface area contributed by atoms with Crippen LogP contribution in [0.5, 0.6) is 0 Å². The molecule has 1 fully saturated rings. The summed E-state index contributed by atoms with van der Waals surface area (Å²) in [4.78, 5) is 28.2. The molecule has 0 aromatic carbocycles. The lowest BCUT2D eigenvalue weighted by atomic mass is 10.2. The summed E-state index contributed by atoms with van der Waals surface area (Å²) < 4.78 is 7.13. The second-order valence-corrected chi connectivity index (χ2v) is 6.19. The molecule has 8 heteroatoms. The number of amides is 1. The molecular weight excluding hydrogens is 352 g/mol. The SMILES string of the molecule is CCOC(=O)c1c(Br)nn(C)c1N1CCN(C(C)C)C(=O)C1. The van der Waals surface area contributed by atoms with E-state index < -0.39 is 5.97 Å². The molecule has 1 saturated heterocycles. The number of piperazine rings is 1. The number of carbonyl (C=O) groups is 2. The Labute approximate surface area is 138 Å². The van der Waals surface area contributed by atoms with E-state index in [1.807, 2.05) is 23.6 Å². The number of halogens is 1. The van der Waals surface area contributed by atoms with Gasteiger partial charge in [-0.05, 0) is 36.7 Å². The number of anilines is 1. The highest BCUT2D eigenvalue weighted by Crippen LogP contribution is 2.29. The first kappa shape index (κ1) is 16.8. The lowest BCUT2D eigenvalue weighted by Gasteiger charge is -2.37. The molecule has 1 aromatic heterocycles. The van der Waals surface area contributed by atoms with Gasteiger partial charge in [-0.3, -0.25) is 9.48 Å². The Kier molecular flexibility index (Phi) is 5.10. The van der Waals surface area contributed by atoms with E-state index >= 15 is 0 Å². The molecule has 1 aliphatic heterocycles. The molecule has 0 bridgehead atoms. The van der Waals surface area contributed by atoms with Crippen molar-refractivity contribution in [1.82, 2.24) is 14.7 Å². The van der Waals surface area contributed by atoms with E-state index in [0.29, 0.717) is 35.7 Å². The maximum atomic E-state index is 12.3. The summed E-state index contributed by atoms with van der Waals surface area (Å²) >= 11 is 3.30. The summed E-state index contributed by atoms with van der Waals surface area (Å²) in [7, 11) is 1.75. The summed E-state index contributed by atoms with van der Waals surface area (Å²) in [6.07, 6.45) is 0. The van der Waals surface area contributed by atoms with Gasteiger partial charge in [0.15, 0.2) is 0 Å². The summed E-state index contributed by atoms with van der Waals surface area (Å²) in [6.45, 7) is 7.56. The van der Waals surface area contributed by atoms with Crippen molar-refractivity contribution in [3.63, 3.8) is 0 Å². The maximum absolute atomic E-state index is 12.3. The summed E-state index contributed by atoms with van der Waals surface area (Å²) in [5.41, 5.74) is 0.371. The zero-order valence-corrected chi connectivity index (χ0v) is 14.9. The third kappa shape index (κ3) is 3.11. The highest BCUT2D eigenvalue weighted by atomic mass is 79.9. The molecule has 0 spiro atoms. The van der Waals surface area contributed by atoms with Crippen molar-refractivity contribution < 1.29 is 14.3 Å². The Morgan fingerprint density at radius 2 is 2.09 bits per heavy atom. The number of aryl methyl sites for hydroxylation is 1. The summed E-state index contributed by atoms with van der Waals surface area (Å²) in [5.74, 6) is 0.228. The number of hydrogen-bond acceptors (Lipinski definition) is 5. The quantitative estimate of drug-likeness (QED) is 0.747. The van der Waals surface area contributed by atoms with Crippen LogP contribution in [-0.2, 0) is 16.6 Å². The monoisotopic (exact) mass is 372 g/mol. The number of rotatable bonds is 4. The minimum Gasteiger partial charge on any atom is -0.462 e. The minimum absolute atomic E-state index is 0.0494. The average Bonchev–Trinajstić information content (AvgIpc) is 2.73. The van der Waals surface area contributed by atoms with Crippen molar-refractivity contribution in [3.05, 3.63) is 10.2 Å². The predicted molar refractivity (Wildman–Crippen MR) is 85.9 cm³/mol. The van der Waals surface area contributed by atoms with Crippen LogP contribution >= 0.6 is 15.9 Å². The van der Waals surface area contributed by atoms with Crippen LogP contribution in [0.15, 0.2) is 4.60 Å². The Morgan fingerprint density at radius 3 is 2.64 bits per heavy atom. The molecule has 0 atom stereocenters. The first-order valence-corrected chi connectivity index (χ1v) is 8.10. The van der Waals surface area contributed by atoms with Gasteiger partial charge in [-0.25, -0.2) is 4.79 Å². The van der Waals surface area contributed by atoms with Crippen molar-refractivity contribution in [2.45, 2.75) is 26.8 Å². The Morgan fingerprint density at radius 1 is 1.41 bits per heavy atom. The van der Waals surface area contributed by atoms with E-state index in [4.69, 9.17) is 4.74 Å². The predicted octanol–water partition coefficient (Wildman–Crippen LogP) is 1.42. The van der Waals surface area contributed by atoms with Crippen LogP contribution in [0.4, 0.5) is 5.82 Å². The van der Waals surface area contributed by atoms with Crippen molar-refractivity contribution in [3.8, 4) is 0 Å². The van der Waals surface area contributed by atoms with Gasteiger partial charge in [0, 0.05) is 26.2 Å². The fourth-order valence-corrected chi connectivity index (χ4v) is 3.22. The number of carbonyl (C=O) groups excluding carboxylic acids is 2. The molecule has 0 aliphatic carbocycles. The van der Waals surface area contributed by atoms with Crippen LogP contribution in [0, 0.1) is 0 Å². The van der Waals surface area contributed by atoms with E-state index in [1.54, 1.807) is 18.7 Å². The zero-order valence-electron chi connectivity index (χ0n) is 13.3. The lowest BCUT2D eigenvalue weighted by molar-refractivity contribution is -0.132. The molecule has 22 heavy (non-hydrogen) atoms. The van der Waals surface area contributed by atoms with Gasteiger partial charge in [0.2, 0.25) is 5.91 Å². The molecule has 1 aliphatic rings. The Bertz CT molecular complexity index is 585. The molecule has 1 amide bonds. The van der Waals surface area contributed by atoms with E-state index in [1.165, 1.54) is 0 Å². The number of ether oxygens (including phenoxy) is 1. The molecule has 2 heterocycles. The number of nitrogens with zero attached hydrogens (tertiary/aromatic N) is 4. The van der Waals surface area contributed by atoms with Crippen LogP contribution in [-0.4, -0.2) is 58.8 Å².